The number of carbonyl (C=O) groups is 2. The summed E-state index contributed by atoms with van der Waals surface area (Å²) in [6.45, 7) is 3.74. The first kappa shape index (κ1) is 17.7. The molecule has 27 heavy (non-hydrogen) atoms. The zero-order valence-corrected chi connectivity index (χ0v) is 15.2. The smallest absolute Gasteiger partial charge is 0.257 e. The Morgan fingerprint density at radius 3 is 2.48 bits per heavy atom. The lowest BCUT2D eigenvalue weighted by Crippen LogP contribution is -2.32. The molecule has 6 heteroatoms. The van der Waals surface area contributed by atoms with Gasteiger partial charge >= 0.3 is 0 Å². The van der Waals surface area contributed by atoms with E-state index in [1.807, 2.05) is 17.0 Å². The van der Waals surface area contributed by atoms with Crippen molar-refractivity contribution < 1.29 is 9.59 Å². The molecule has 140 valence electrons. The maximum atomic E-state index is 13.0. The van der Waals surface area contributed by atoms with Crippen LogP contribution in [0.15, 0.2) is 48.8 Å². The number of fused-ring (bicyclic) bond motifs is 1. The lowest BCUT2D eigenvalue weighted by Gasteiger charge is -2.21. The Labute approximate surface area is 159 Å². The average molecular weight is 364 g/mol. The molecule has 2 amide bonds. The van der Waals surface area contributed by atoms with Crippen molar-refractivity contribution in [3.63, 3.8) is 0 Å². The van der Waals surface area contributed by atoms with Gasteiger partial charge < -0.3 is 15.5 Å². The first-order valence-electron chi connectivity index (χ1n) is 9.52. The van der Waals surface area contributed by atoms with Crippen LogP contribution in [0.3, 0.4) is 0 Å². The minimum absolute atomic E-state index is 0.0420. The number of benzene rings is 1. The average Bonchev–Trinajstić information content (AvgIpc) is 3.06. The van der Waals surface area contributed by atoms with Crippen LogP contribution in [0.4, 0.5) is 5.69 Å². The van der Waals surface area contributed by atoms with Crippen LogP contribution in [-0.2, 0) is 0 Å². The molecule has 0 aliphatic carbocycles. The number of likely N-dealkylation sites (tertiary alicyclic amines) is 1. The molecule has 3 heterocycles. The summed E-state index contributed by atoms with van der Waals surface area (Å²) in [6.07, 6.45) is 5.26. The summed E-state index contributed by atoms with van der Waals surface area (Å²) in [6, 6.07) is 10.6. The Bertz CT molecular complexity index is 810. The maximum absolute atomic E-state index is 13.0. The highest BCUT2D eigenvalue weighted by Gasteiger charge is 2.31. The van der Waals surface area contributed by atoms with Gasteiger partial charge in [0.1, 0.15) is 0 Å². The quantitative estimate of drug-likeness (QED) is 0.877. The lowest BCUT2D eigenvalue weighted by atomic mass is 9.92. The Morgan fingerprint density at radius 2 is 1.78 bits per heavy atom. The molecule has 2 fully saturated rings. The van der Waals surface area contributed by atoms with Crippen LogP contribution < -0.4 is 10.6 Å². The molecular weight excluding hydrogens is 340 g/mol. The molecular formula is C21H24N4O2. The minimum Gasteiger partial charge on any atom is -0.339 e. The summed E-state index contributed by atoms with van der Waals surface area (Å²) in [5.41, 5.74) is 1.72. The molecule has 1 aromatic carbocycles. The van der Waals surface area contributed by atoms with E-state index < -0.39 is 0 Å². The maximum Gasteiger partial charge on any atom is 0.257 e. The van der Waals surface area contributed by atoms with Crippen LogP contribution in [0.5, 0.6) is 0 Å². The highest BCUT2D eigenvalue weighted by molar-refractivity contribution is 6.04. The summed E-state index contributed by atoms with van der Waals surface area (Å²) < 4.78 is 0. The Morgan fingerprint density at radius 1 is 1.04 bits per heavy atom. The van der Waals surface area contributed by atoms with E-state index in [0.717, 1.165) is 39.0 Å². The molecule has 2 N–H and O–H groups in total. The van der Waals surface area contributed by atoms with Crippen LogP contribution in [0.25, 0.3) is 0 Å². The van der Waals surface area contributed by atoms with Gasteiger partial charge in [0.15, 0.2) is 0 Å². The number of anilines is 1. The Balaban J connectivity index is 1.44. The fraction of sp³-hybridized carbons (Fsp3) is 0.381. The first-order valence-corrected chi connectivity index (χ1v) is 9.52. The fourth-order valence-corrected chi connectivity index (χ4v) is 4.03. The van der Waals surface area contributed by atoms with Crippen molar-refractivity contribution in [2.45, 2.75) is 12.8 Å². The number of nitrogens with one attached hydrogen (secondary N) is 2. The van der Waals surface area contributed by atoms with E-state index in [0.29, 0.717) is 28.7 Å². The second kappa shape index (κ2) is 7.88. The van der Waals surface area contributed by atoms with Crippen molar-refractivity contribution >= 4 is 17.5 Å². The van der Waals surface area contributed by atoms with E-state index >= 15 is 0 Å². The Kier molecular flexibility index (Phi) is 5.16. The SMILES string of the molecule is O=C(Nc1cccc(C(=O)N2CC[C@@H]3CNC[C@@H]3CC2)c1)c1cccnc1. The predicted octanol–water partition coefficient (Wildman–Crippen LogP) is 2.41. The molecule has 0 spiro atoms. The lowest BCUT2D eigenvalue weighted by molar-refractivity contribution is 0.0758. The van der Waals surface area contributed by atoms with Crippen LogP contribution in [0.1, 0.15) is 33.6 Å². The fourth-order valence-electron chi connectivity index (χ4n) is 4.03. The van der Waals surface area contributed by atoms with Gasteiger partial charge in [0.05, 0.1) is 5.56 Å². The largest absolute Gasteiger partial charge is 0.339 e. The summed E-state index contributed by atoms with van der Waals surface area (Å²) in [5.74, 6) is 1.18. The van der Waals surface area contributed by atoms with Gasteiger partial charge in [-0.15, -0.1) is 0 Å². The van der Waals surface area contributed by atoms with Crippen molar-refractivity contribution in [3.05, 3.63) is 59.9 Å². The monoisotopic (exact) mass is 364 g/mol. The molecule has 4 rings (SSSR count). The van der Waals surface area contributed by atoms with E-state index in [4.69, 9.17) is 0 Å². The number of carbonyl (C=O) groups excluding carboxylic acids is 2. The first-order chi connectivity index (χ1) is 13.2. The minimum atomic E-state index is -0.234. The Hall–Kier alpha value is -2.73. The molecule has 2 aromatic rings. The van der Waals surface area contributed by atoms with Gasteiger partial charge in [-0.3, -0.25) is 14.6 Å². The molecule has 0 radical (unpaired) electrons. The van der Waals surface area contributed by atoms with Crippen molar-refractivity contribution in [1.82, 2.24) is 15.2 Å². The van der Waals surface area contributed by atoms with E-state index in [-0.39, 0.29) is 11.8 Å². The van der Waals surface area contributed by atoms with Crippen molar-refractivity contribution in [2.24, 2.45) is 11.8 Å². The number of amides is 2. The number of hydrogen-bond donors (Lipinski definition) is 2. The van der Waals surface area contributed by atoms with Crippen molar-refractivity contribution in [2.75, 3.05) is 31.5 Å². The number of nitrogens with zero attached hydrogens (tertiary/aromatic N) is 2. The van der Waals surface area contributed by atoms with E-state index in [1.165, 1.54) is 6.20 Å². The molecule has 2 aliphatic rings. The molecule has 1 aromatic heterocycles. The standard InChI is InChI=1S/C21H24N4O2/c26-20(18-4-2-8-22-14-18)24-19-5-1-3-15(11-19)21(27)25-9-6-16-12-23-13-17(16)7-10-25/h1-5,8,11,14,16-17,23H,6-7,9-10,12-13H2,(H,24,26)/t16-,17+. The van der Waals surface area contributed by atoms with Gasteiger partial charge in [-0.05, 0) is 68.1 Å². The highest BCUT2D eigenvalue weighted by atomic mass is 16.2. The summed E-state index contributed by atoms with van der Waals surface area (Å²) >= 11 is 0. The topological polar surface area (TPSA) is 74.3 Å². The summed E-state index contributed by atoms with van der Waals surface area (Å²) in [5, 5.41) is 6.30. The highest BCUT2D eigenvalue weighted by Crippen LogP contribution is 2.28. The number of hydrogen-bond acceptors (Lipinski definition) is 4. The zero-order valence-electron chi connectivity index (χ0n) is 15.2. The summed E-state index contributed by atoms with van der Waals surface area (Å²) in [7, 11) is 0. The summed E-state index contributed by atoms with van der Waals surface area (Å²) in [4.78, 5) is 31.2. The van der Waals surface area contributed by atoms with Crippen molar-refractivity contribution in [1.29, 1.82) is 0 Å². The number of pyridine rings is 1. The zero-order chi connectivity index (χ0) is 18.6. The predicted molar refractivity (Wildman–Crippen MR) is 104 cm³/mol. The molecule has 2 saturated heterocycles. The van der Waals surface area contributed by atoms with E-state index in [1.54, 1.807) is 30.5 Å². The van der Waals surface area contributed by atoms with Gasteiger partial charge in [0.2, 0.25) is 0 Å². The van der Waals surface area contributed by atoms with Crippen LogP contribution in [-0.4, -0.2) is 47.9 Å². The van der Waals surface area contributed by atoms with Crippen molar-refractivity contribution in [3.8, 4) is 0 Å². The normalized spacial score (nSPS) is 22.0. The molecule has 6 nitrogen and oxygen atoms in total. The van der Waals surface area contributed by atoms with Gasteiger partial charge in [-0.1, -0.05) is 6.07 Å². The van der Waals surface area contributed by atoms with Gasteiger partial charge in [0, 0.05) is 36.7 Å². The number of aromatic nitrogens is 1. The third-order valence-electron chi connectivity index (χ3n) is 5.60. The van der Waals surface area contributed by atoms with Crippen LogP contribution in [0, 0.1) is 11.8 Å². The van der Waals surface area contributed by atoms with Crippen LogP contribution >= 0.6 is 0 Å². The van der Waals surface area contributed by atoms with Crippen LogP contribution in [0.2, 0.25) is 0 Å². The number of rotatable bonds is 3. The van der Waals surface area contributed by atoms with E-state index in [9.17, 15) is 9.59 Å². The second-order valence-corrected chi connectivity index (χ2v) is 7.32. The third kappa shape index (κ3) is 4.01. The van der Waals surface area contributed by atoms with Gasteiger partial charge in [0.25, 0.3) is 11.8 Å². The third-order valence-corrected chi connectivity index (χ3v) is 5.60. The molecule has 2 aliphatic heterocycles. The molecule has 2 atom stereocenters. The molecule has 0 bridgehead atoms. The van der Waals surface area contributed by atoms with Gasteiger partial charge in [-0.25, -0.2) is 0 Å². The van der Waals surface area contributed by atoms with E-state index in [2.05, 4.69) is 15.6 Å². The molecule has 0 saturated carbocycles. The van der Waals surface area contributed by atoms with Gasteiger partial charge in [-0.2, -0.15) is 0 Å². The molecule has 0 unspecified atom stereocenters. The second-order valence-electron chi connectivity index (χ2n) is 7.32.